The molecule has 19 heavy (non-hydrogen) atoms. The van der Waals surface area contributed by atoms with Crippen molar-refractivity contribution in [2.75, 3.05) is 6.61 Å². The maximum atomic E-state index is 11.6. The number of hydrogen-bond acceptors (Lipinski definition) is 2. The smallest absolute Gasteiger partial charge is 0.258 e. The Kier molecular flexibility index (Phi) is 3.30. The maximum absolute atomic E-state index is 11.6. The van der Waals surface area contributed by atoms with E-state index < -0.39 is 0 Å². The van der Waals surface area contributed by atoms with Crippen molar-refractivity contribution in [3.05, 3.63) is 41.4 Å². The molecular formula is C15H14ClNO2. The molecule has 0 spiro atoms. The molecule has 1 N–H and O–H groups in total. The second kappa shape index (κ2) is 5.10. The molecule has 0 radical (unpaired) electrons. The molecule has 1 aliphatic rings. The largest absolute Gasteiger partial charge is 0.483 e. The Bertz CT molecular complexity index is 623. The fourth-order valence-corrected chi connectivity index (χ4v) is 2.23. The second-order valence-electron chi connectivity index (χ2n) is 4.72. The first kappa shape index (κ1) is 12.3. The molecule has 2 aromatic rings. The maximum Gasteiger partial charge on any atom is 0.258 e. The van der Waals surface area contributed by atoms with E-state index in [9.17, 15) is 4.79 Å². The standard InChI is InChI=1S/C15H14ClNO2/c16-13-7-8-14(12-4-2-1-3-11(12)13)19-9-15(18)17-10-5-6-10/h1-4,7-8,10H,5-6,9H2,(H,17,18). The van der Waals surface area contributed by atoms with E-state index in [1.165, 1.54) is 0 Å². The average Bonchev–Trinajstić information content (AvgIpc) is 3.22. The molecule has 0 aliphatic heterocycles. The molecule has 0 bridgehead atoms. The second-order valence-corrected chi connectivity index (χ2v) is 5.13. The molecule has 2 aromatic carbocycles. The van der Waals surface area contributed by atoms with Gasteiger partial charge in [0.05, 0.1) is 0 Å². The van der Waals surface area contributed by atoms with Gasteiger partial charge in [0, 0.05) is 21.8 Å². The highest BCUT2D eigenvalue weighted by Crippen LogP contribution is 2.31. The van der Waals surface area contributed by atoms with E-state index in [1.54, 1.807) is 12.1 Å². The van der Waals surface area contributed by atoms with Gasteiger partial charge in [-0.3, -0.25) is 4.79 Å². The van der Waals surface area contributed by atoms with Gasteiger partial charge >= 0.3 is 0 Å². The van der Waals surface area contributed by atoms with Gasteiger partial charge in [-0.05, 0) is 25.0 Å². The van der Waals surface area contributed by atoms with E-state index in [0.717, 1.165) is 23.6 Å². The van der Waals surface area contributed by atoms with Crippen molar-refractivity contribution in [2.24, 2.45) is 0 Å². The fraction of sp³-hybridized carbons (Fsp3) is 0.267. The van der Waals surface area contributed by atoms with Crippen LogP contribution in [-0.4, -0.2) is 18.6 Å². The number of fused-ring (bicyclic) bond motifs is 1. The molecule has 1 aliphatic carbocycles. The van der Waals surface area contributed by atoms with Crippen molar-refractivity contribution < 1.29 is 9.53 Å². The summed E-state index contributed by atoms with van der Waals surface area (Å²) in [6, 6.07) is 11.7. The Morgan fingerprint density at radius 1 is 1.21 bits per heavy atom. The van der Waals surface area contributed by atoms with Crippen molar-refractivity contribution in [2.45, 2.75) is 18.9 Å². The fourth-order valence-electron chi connectivity index (χ4n) is 2.00. The molecule has 0 aromatic heterocycles. The highest BCUT2D eigenvalue weighted by atomic mass is 35.5. The van der Waals surface area contributed by atoms with E-state index in [1.807, 2.05) is 24.3 Å². The third kappa shape index (κ3) is 2.82. The number of ether oxygens (including phenoxy) is 1. The molecule has 4 heteroatoms. The van der Waals surface area contributed by atoms with Gasteiger partial charge in [0.1, 0.15) is 5.75 Å². The topological polar surface area (TPSA) is 38.3 Å². The van der Waals surface area contributed by atoms with Gasteiger partial charge in [-0.1, -0.05) is 35.9 Å². The Hall–Kier alpha value is -1.74. The lowest BCUT2D eigenvalue weighted by atomic mass is 10.1. The molecule has 0 atom stereocenters. The van der Waals surface area contributed by atoms with Crippen molar-refractivity contribution >= 4 is 28.3 Å². The van der Waals surface area contributed by atoms with E-state index in [0.29, 0.717) is 16.8 Å². The third-order valence-corrected chi connectivity index (χ3v) is 3.46. The molecular weight excluding hydrogens is 262 g/mol. The summed E-state index contributed by atoms with van der Waals surface area (Å²) in [6.45, 7) is 0.0438. The number of carbonyl (C=O) groups excluding carboxylic acids is 1. The molecule has 98 valence electrons. The van der Waals surface area contributed by atoms with Gasteiger partial charge in [-0.2, -0.15) is 0 Å². The van der Waals surface area contributed by atoms with Crippen LogP contribution >= 0.6 is 11.6 Å². The summed E-state index contributed by atoms with van der Waals surface area (Å²) in [4.78, 5) is 11.6. The minimum absolute atomic E-state index is 0.0438. The molecule has 0 unspecified atom stereocenters. The zero-order valence-electron chi connectivity index (χ0n) is 10.4. The van der Waals surface area contributed by atoms with Gasteiger partial charge in [-0.15, -0.1) is 0 Å². The Morgan fingerprint density at radius 3 is 2.68 bits per heavy atom. The van der Waals surface area contributed by atoms with Crippen molar-refractivity contribution in [3.8, 4) is 5.75 Å². The molecule has 1 saturated carbocycles. The minimum atomic E-state index is -0.0680. The quantitative estimate of drug-likeness (QED) is 0.931. The number of rotatable bonds is 4. The van der Waals surface area contributed by atoms with Crippen LogP contribution < -0.4 is 10.1 Å². The zero-order chi connectivity index (χ0) is 13.2. The number of hydrogen-bond donors (Lipinski definition) is 1. The molecule has 1 amide bonds. The summed E-state index contributed by atoms with van der Waals surface area (Å²) in [5, 5.41) is 5.44. The van der Waals surface area contributed by atoms with Crippen LogP contribution in [0.2, 0.25) is 5.02 Å². The van der Waals surface area contributed by atoms with Crippen molar-refractivity contribution in [1.82, 2.24) is 5.32 Å². The predicted octanol–water partition coefficient (Wildman–Crippen LogP) is 3.15. The van der Waals surface area contributed by atoms with E-state index in [-0.39, 0.29) is 12.5 Å². The summed E-state index contributed by atoms with van der Waals surface area (Å²) in [5.74, 6) is 0.618. The SMILES string of the molecule is O=C(COc1ccc(Cl)c2ccccc12)NC1CC1. The molecule has 0 heterocycles. The average molecular weight is 276 g/mol. The van der Waals surface area contributed by atoms with Crippen LogP contribution in [-0.2, 0) is 4.79 Å². The van der Waals surface area contributed by atoms with E-state index in [2.05, 4.69) is 5.32 Å². The Morgan fingerprint density at radius 2 is 1.95 bits per heavy atom. The Balaban J connectivity index is 1.76. The molecule has 0 saturated heterocycles. The predicted molar refractivity (Wildman–Crippen MR) is 75.6 cm³/mol. The summed E-state index contributed by atoms with van der Waals surface area (Å²) in [6.07, 6.45) is 2.16. The Labute approximate surface area is 116 Å². The van der Waals surface area contributed by atoms with Crippen molar-refractivity contribution in [3.63, 3.8) is 0 Å². The van der Waals surface area contributed by atoms with Crippen LogP contribution in [0.15, 0.2) is 36.4 Å². The molecule has 1 fully saturated rings. The van der Waals surface area contributed by atoms with Gasteiger partial charge in [0.15, 0.2) is 6.61 Å². The molecule has 3 nitrogen and oxygen atoms in total. The number of benzene rings is 2. The van der Waals surface area contributed by atoms with Gasteiger partial charge in [0.2, 0.25) is 0 Å². The summed E-state index contributed by atoms with van der Waals surface area (Å²) in [7, 11) is 0. The first-order chi connectivity index (χ1) is 9.24. The minimum Gasteiger partial charge on any atom is -0.483 e. The van der Waals surface area contributed by atoms with Gasteiger partial charge < -0.3 is 10.1 Å². The first-order valence-electron chi connectivity index (χ1n) is 6.33. The van der Waals surface area contributed by atoms with Crippen molar-refractivity contribution in [1.29, 1.82) is 0 Å². The summed E-state index contributed by atoms with van der Waals surface area (Å²) < 4.78 is 5.59. The molecule has 3 rings (SSSR count). The lowest BCUT2D eigenvalue weighted by molar-refractivity contribution is -0.123. The van der Waals surface area contributed by atoms with Crippen LogP contribution in [0.3, 0.4) is 0 Å². The van der Waals surface area contributed by atoms with Crippen LogP contribution in [0.25, 0.3) is 10.8 Å². The lowest BCUT2D eigenvalue weighted by Crippen LogP contribution is -2.30. The monoisotopic (exact) mass is 275 g/mol. The number of halogens is 1. The number of amides is 1. The number of carbonyl (C=O) groups is 1. The summed E-state index contributed by atoms with van der Waals surface area (Å²) >= 11 is 6.13. The summed E-state index contributed by atoms with van der Waals surface area (Å²) in [5.41, 5.74) is 0. The van der Waals surface area contributed by atoms with E-state index in [4.69, 9.17) is 16.3 Å². The van der Waals surface area contributed by atoms with E-state index >= 15 is 0 Å². The van der Waals surface area contributed by atoms with Gasteiger partial charge in [-0.25, -0.2) is 0 Å². The highest BCUT2D eigenvalue weighted by Gasteiger charge is 2.23. The van der Waals surface area contributed by atoms with Crippen LogP contribution in [0.5, 0.6) is 5.75 Å². The van der Waals surface area contributed by atoms with Crippen LogP contribution in [0.1, 0.15) is 12.8 Å². The van der Waals surface area contributed by atoms with Crippen LogP contribution in [0, 0.1) is 0 Å². The first-order valence-corrected chi connectivity index (χ1v) is 6.71. The normalized spacial score (nSPS) is 14.4. The lowest BCUT2D eigenvalue weighted by Gasteiger charge is -2.10. The van der Waals surface area contributed by atoms with Crippen LogP contribution in [0.4, 0.5) is 0 Å². The zero-order valence-corrected chi connectivity index (χ0v) is 11.1. The highest BCUT2D eigenvalue weighted by molar-refractivity contribution is 6.35. The number of nitrogens with one attached hydrogen (secondary N) is 1. The third-order valence-electron chi connectivity index (χ3n) is 3.13. The van der Waals surface area contributed by atoms with Gasteiger partial charge in [0.25, 0.3) is 5.91 Å².